The van der Waals surface area contributed by atoms with Gasteiger partial charge in [-0.05, 0) is 64.2 Å². The Hall–Kier alpha value is -3.67. The molecule has 0 bridgehead atoms. The zero-order valence-electron chi connectivity index (χ0n) is 46.5. The van der Waals surface area contributed by atoms with Gasteiger partial charge in [0, 0.05) is 19.3 Å². The van der Waals surface area contributed by atoms with Gasteiger partial charge in [-0.25, -0.2) is 0 Å². The van der Waals surface area contributed by atoms with Crippen LogP contribution in [0.5, 0.6) is 0 Å². The summed E-state index contributed by atoms with van der Waals surface area (Å²) in [5.41, 5.74) is 0. The van der Waals surface area contributed by atoms with E-state index in [2.05, 4.69) is 45.1 Å². The van der Waals surface area contributed by atoms with E-state index in [1.807, 2.05) is 72.9 Å². The zero-order valence-corrected chi connectivity index (χ0v) is 46.5. The lowest BCUT2D eigenvalue weighted by Gasteiger charge is -2.18. The normalized spacial score (nSPS) is 12.8. The van der Waals surface area contributed by atoms with Gasteiger partial charge in [-0.2, -0.15) is 0 Å². The molecule has 0 saturated carbocycles. The summed E-state index contributed by atoms with van der Waals surface area (Å²) in [5, 5.41) is 0. The van der Waals surface area contributed by atoms with Gasteiger partial charge in [0.25, 0.3) is 0 Å². The number of ether oxygens (including phenoxy) is 3. The van der Waals surface area contributed by atoms with E-state index in [-0.39, 0.29) is 31.1 Å². The molecule has 0 radical (unpaired) electrons. The number of carbonyl (C=O) groups is 3. The first-order valence-electron chi connectivity index (χ1n) is 29.8. The standard InChI is InChI=1S/C65H110O6/c1-4-7-10-13-16-19-22-25-28-31-33-35-37-40-43-46-49-52-55-58-64(67)70-61-62(60-69-63(66)57-54-51-48-45-42-39-36-30-27-24-21-18-15-12-9-6-3)71-65(68)59-56-53-50-47-44-41-38-34-32-29-26-23-20-17-14-11-8-5-2/h7,10,13,16,19,22,25,28,31,33-35,37-38,40,43,62H,4-6,8-9,11-12,14-15,17-18,20-21,23-24,26-27,29-30,32,36,39,41-42,44-61H2,1-3H3/b10-7-,16-13-,22-19-,28-25-,33-31+,37-35-,38-34-,43-40-. The predicted molar refractivity (Wildman–Crippen MR) is 307 cm³/mol. The maximum atomic E-state index is 12.9. The Balaban J connectivity index is 4.49. The van der Waals surface area contributed by atoms with Gasteiger partial charge in [0.05, 0.1) is 0 Å². The van der Waals surface area contributed by atoms with E-state index in [0.29, 0.717) is 19.3 Å². The molecule has 0 spiro atoms. The lowest BCUT2D eigenvalue weighted by molar-refractivity contribution is -0.167. The summed E-state index contributed by atoms with van der Waals surface area (Å²) in [6, 6.07) is 0. The van der Waals surface area contributed by atoms with Crippen LogP contribution < -0.4 is 0 Å². The Kier molecular flexibility index (Phi) is 55.9. The van der Waals surface area contributed by atoms with Gasteiger partial charge in [-0.15, -0.1) is 0 Å². The van der Waals surface area contributed by atoms with E-state index >= 15 is 0 Å². The van der Waals surface area contributed by atoms with Crippen molar-refractivity contribution in [2.45, 2.75) is 284 Å². The molecule has 0 N–H and O–H groups in total. The van der Waals surface area contributed by atoms with Crippen LogP contribution in [0.4, 0.5) is 0 Å². The fraction of sp³-hybridized carbons (Fsp3) is 0.708. The van der Waals surface area contributed by atoms with Crippen molar-refractivity contribution in [2.75, 3.05) is 13.2 Å². The molecule has 0 amide bonds. The van der Waals surface area contributed by atoms with Gasteiger partial charge in [0.15, 0.2) is 6.10 Å². The quantitative estimate of drug-likeness (QED) is 0.0199. The van der Waals surface area contributed by atoms with E-state index in [1.54, 1.807) is 0 Å². The van der Waals surface area contributed by atoms with Crippen molar-refractivity contribution in [2.24, 2.45) is 0 Å². The Morgan fingerprint density at radius 3 is 0.915 bits per heavy atom. The van der Waals surface area contributed by atoms with Crippen molar-refractivity contribution < 1.29 is 28.6 Å². The second kappa shape index (κ2) is 58.9. The summed E-state index contributed by atoms with van der Waals surface area (Å²) >= 11 is 0. The molecule has 6 heteroatoms. The number of allylic oxidation sites excluding steroid dienone is 16. The first-order chi connectivity index (χ1) is 35.0. The molecule has 0 aromatic rings. The second-order valence-corrected chi connectivity index (χ2v) is 19.7. The van der Waals surface area contributed by atoms with Gasteiger partial charge >= 0.3 is 17.9 Å². The average molecular weight is 988 g/mol. The number of carbonyl (C=O) groups excluding carboxylic acids is 3. The topological polar surface area (TPSA) is 78.9 Å². The van der Waals surface area contributed by atoms with Gasteiger partial charge in [0.2, 0.25) is 0 Å². The van der Waals surface area contributed by atoms with Crippen LogP contribution in [0.1, 0.15) is 278 Å². The molecule has 0 aliphatic rings. The largest absolute Gasteiger partial charge is 0.462 e. The molecule has 1 unspecified atom stereocenters. The molecule has 0 aliphatic heterocycles. The molecular weight excluding hydrogens is 877 g/mol. The lowest BCUT2D eigenvalue weighted by Crippen LogP contribution is -2.30. The Labute approximate surface area is 438 Å². The van der Waals surface area contributed by atoms with Crippen molar-refractivity contribution in [3.63, 3.8) is 0 Å². The SMILES string of the molecule is CC\C=C/C=C\C=C/C=C\C=C\C=C/C=C\CCCCCC(=O)OCC(COC(=O)CCCCCCCCCCCCCCCCCC)OC(=O)CCCCCCC/C=C\CCCCCCCCCCC. The molecule has 0 aliphatic carbocycles. The van der Waals surface area contributed by atoms with Crippen molar-refractivity contribution in [1.29, 1.82) is 0 Å². The molecule has 6 nitrogen and oxygen atoms in total. The zero-order chi connectivity index (χ0) is 51.4. The monoisotopic (exact) mass is 987 g/mol. The van der Waals surface area contributed by atoms with Gasteiger partial charge in [-0.1, -0.05) is 291 Å². The Morgan fingerprint density at radius 1 is 0.296 bits per heavy atom. The fourth-order valence-electron chi connectivity index (χ4n) is 8.30. The van der Waals surface area contributed by atoms with E-state index in [4.69, 9.17) is 14.2 Å². The first-order valence-corrected chi connectivity index (χ1v) is 29.8. The second-order valence-electron chi connectivity index (χ2n) is 19.7. The number of hydrogen-bond acceptors (Lipinski definition) is 6. The third-order valence-corrected chi connectivity index (χ3v) is 12.8. The van der Waals surface area contributed by atoms with Crippen LogP contribution in [-0.2, 0) is 28.6 Å². The first kappa shape index (κ1) is 67.3. The van der Waals surface area contributed by atoms with Gasteiger partial charge in [0.1, 0.15) is 13.2 Å². The van der Waals surface area contributed by atoms with Crippen molar-refractivity contribution in [3.8, 4) is 0 Å². The number of esters is 3. The Bertz CT molecular complexity index is 1410. The summed E-state index contributed by atoms with van der Waals surface area (Å²) in [7, 11) is 0. The molecule has 0 rings (SSSR count). The third kappa shape index (κ3) is 57.1. The van der Waals surface area contributed by atoms with Crippen LogP contribution in [0.2, 0.25) is 0 Å². The van der Waals surface area contributed by atoms with Crippen LogP contribution >= 0.6 is 0 Å². The van der Waals surface area contributed by atoms with E-state index in [9.17, 15) is 14.4 Å². The molecule has 1 atom stereocenters. The van der Waals surface area contributed by atoms with Crippen molar-refractivity contribution in [1.82, 2.24) is 0 Å². The summed E-state index contributed by atoms with van der Waals surface area (Å²) in [6.45, 7) is 6.47. The van der Waals surface area contributed by atoms with Gasteiger partial charge < -0.3 is 14.2 Å². The summed E-state index contributed by atoms with van der Waals surface area (Å²) in [4.78, 5) is 38.2. The smallest absolute Gasteiger partial charge is 0.306 e. The van der Waals surface area contributed by atoms with Crippen LogP contribution in [0.15, 0.2) is 97.2 Å². The minimum Gasteiger partial charge on any atom is -0.462 e. The molecule has 0 heterocycles. The highest BCUT2D eigenvalue weighted by atomic mass is 16.6. The molecule has 0 aromatic carbocycles. The molecule has 0 aromatic heterocycles. The van der Waals surface area contributed by atoms with Gasteiger partial charge in [-0.3, -0.25) is 14.4 Å². The van der Waals surface area contributed by atoms with Crippen molar-refractivity contribution in [3.05, 3.63) is 97.2 Å². The number of rotatable bonds is 53. The maximum absolute atomic E-state index is 12.9. The highest BCUT2D eigenvalue weighted by Gasteiger charge is 2.19. The Morgan fingerprint density at radius 2 is 0.563 bits per heavy atom. The molecular formula is C65H110O6. The highest BCUT2D eigenvalue weighted by molar-refractivity contribution is 5.71. The minimum atomic E-state index is -0.801. The number of hydrogen-bond donors (Lipinski definition) is 0. The lowest BCUT2D eigenvalue weighted by atomic mass is 10.0. The predicted octanol–water partition coefficient (Wildman–Crippen LogP) is 20.1. The van der Waals surface area contributed by atoms with Crippen LogP contribution in [0.25, 0.3) is 0 Å². The molecule has 0 saturated heterocycles. The van der Waals surface area contributed by atoms with E-state index in [0.717, 1.165) is 83.5 Å². The summed E-state index contributed by atoms with van der Waals surface area (Å²) in [5.74, 6) is -0.941. The van der Waals surface area contributed by atoms with Crippen LogP contribution in [0.3, 0.4) is 0 Å². The average Bonchev–Trinajstić information content (AvgIpc) is 3.37. The van der Waals surface area contributed by atoms with E-state index in [1.165, 1.54) is 154 Å². The van der Waals surface area contributed by atoms with Crippen LogP contribution in [-0.4, -0.2) is 37.2 Å². The number of unbranched alkanes of at least 4 members (excludes halogenated alkanes) is 32. The summed E-state index contributed by atoms with van der Waals surface area (Å²) < 4.78 is 16.9. The maximum Gasteiger partial charge on any atom is 0.306 e. The fourth-order valence-corrected chi connectivity index (χ4v) is 8.30. The van der Waals surface area contributed by atoms with Crippen LogP contribution in [0, 0.1) is 0 Å². The molecule has 71 heavy (non-hydrogen) atoms. The minimum absolute atomic E-state index is 0.0940. The van der Waals surface area contributed by atoms with Crippen molar-refractivity contribution >= 4 is 17.9 Å². The molecule has 0 fully saturated rings. The van der Waals surface area contributed by atoms with E-state index < -0.39 is 6.10 Å². The summed E-state index contributed by atoms with van der Waals surface area (Å²) in [6.07, 6.45) is 78.2. The molecule has 406 valence electrons. The highest BCUT2D eigenvalue weighted by Crippen LogP contribution is 2.16. The third-order valence-electron chi connectivity index (χ3n) is 12.8.